The fourth-order valence-corrected chi connectivity index (χ4v) is 2.92. The number of amides is 1. The summed E-state index contributed by atoms with van der Waals surface area (Å²) in [5.74, 6) is -0.107. The van der Waals surface area contributed by atoms with Crippen molar-refractivity contribution in [1.29, 1.82) is 0 Å². The summed E-state index contributed by atoms with van der Waals surface area (Å²) in [6.45, 7) is 0. The second kappa shape index (κ2) is 5.08. The monoisotopic (exact) mass is 311 g/mol. The number of hydrogen-bond acceptors (Lipinski definition) is 6. The first-order valence-electron chi connectivity index (χ1n) is 6.42. The molecule has 0 bridgehead atoms. The number of carbonyl (C=O) groups excluding carboxylic acids is 1. The Hall–Kier alpha value is -3.00. The van der Waals surface area contributed by atoms with Crippen molar-refractivity contribution >= 4 is 32.7 Å². The third-order valence-electron chi connectivity index (χ3n) is 3.00. The number of H-pyrrole nitrogens is 1. The standard InChI is InChI=1S/C14H9N5O2S/c20-13(9-5-3-7-21-9)17-14-16-12-11(22-14)10(18-19-12)8-4-1-2-6-15-8/h1-7H,(H2,16,17,18,19,20). The molecule has 108 valence electrons. The highest BCUT2D eigenvalue weighted by Gasteiger charge is 2.16. The molecule has 0 unspecified atom stereocenters. The number of hydrogen-bond donors (Lipinski definition) is 2. The first-order chi connectivity index (χ1) is 10.8. The molecule has 0 fully saturated rings. The Labute approximate surface area is 128 Å². The summed E-state index contributed by atoms with van der Waals surface area (Å²) in [5.41, 5.74) is 2.10. The first kappa shape index (κ1) is 12.7. The van der Waals surface area contributed by atoms with Gasteiger partial charge in [0.1, 0.15) is 10.4 Å². The Morgan fingerprint density at radius 3 is 3.00 bits per heavy atom. The molecule has 0 radical (unpaired) electrons. The van der Waals surface area contributed by atoms with Gasteiger partial charge in [0.05, 0.1) is 12.0 Å². The number of anilines is 1. The summed E-state index contributed by atoms with van der Waals surface area (Å²) in [5, 5.41) is 10.2. The van der Waals surface area contributed by atoms with Gasteiger partial charge in [-0.05, 0) is 24.3 Å². The van der Waals surface area contributed by atoms with Crippen molar-refractivity contribution in [2.45, 2.75) is 0 Å². The van der Waals surface area contributed by atoms with Crippen molar-refractivity contribution in [3.63, 3.8) is 0 Å². The fraction of sp³-hybridized carbons (Fsp3) is 0. The number of nitrogens with one attached hydrogen (secondary N) is 2. The molecule has 0 saturated heterocycles. The molecule has 1 amide bonds. The molecule has 8 heteroatoms. The van der Waals surface area contributed by atoms with E-state index in [-0.39, 0.29) is 11.7 Å². The smallest absolute Gasteiger partial charge is 0.293 e. The fourth-order valence-electron chi connectivity index (χ4n) is 2.01. The number of aromatic nitrogens is 4. The van der Waals surface area contributed by atoms with E-state index in [4.69, 9.17) is 4.42 Å². The van der Waals surface area contributed by atoms with Crippen LogP contribution in [0.15, 0.2) is 47.2 Å². The van der Waals surface area contributed by atoms with Crippen molar-refractivity contribution in [2.24, 2.45) is 0 Å². The van der Waals surface area contributed by atoms with Gasteiger partial charge >= 0.3 is 0 Å². The Balaban J connectivity index is 1.67. The summed E-state index contributed by atoms with van der Waals surface area (Å²) in [6.07, 6.45) is 3.16. The zero-order valence-electron chi connectivity index (χ0n) is 11.1. The van der Waals surface area contributed by atoms with Crippen molar-refractivity contribution < 1.29 is 9.21 Å². The zero-order chi connectivity index (χ0) is 14.9. The summed E-state index contributed by atoms with van der Waals surface area (Å²) < 4.78 is 5.89. The highest BCUT2D eigenvalue weighted by molar-refractivity contribution is 7.22. The van der Waals surface area contributed by atoms with Gasteiger partial charge in [-0.15, -0.1) is 0 Å². The third kappa shape index (κ3) is 2.15. The Morgan fingerprint density at radius 2 is 2.23 bits per heavy atom. The lowest BCUT2D eigenvalue weighted by Crippen LogP contribution is -2.10. The molecule has 0 saturated carbocycles. The Morgan fingerprint density at radius 1 is 1.27 bits per heavy atom. The van der Waals surface area contributed by atoms with Gasteiger partial charge in [0, 0.05) is 6.20 Å². The van der Waals surface area contributed by atoms with Gasteiger partial charge in [-0.1, -0.05) is 17.4 Å². The van der Waals surface area contributed by atoms with E-state index in [2.05, 4.69) is 25.5 Å². The van der Waals surface area contributed by atoms with E-state index < -0.39 is 0 Å². The lowest BCUT2D eigenvalue weighted by molar-refractivity contribution is 0.0996. The zero-order valence-corrected chi connectivity index (χ0v) is 11.9. The molecule has 22 heavy (non-hydrogen) atoms. The molecule has 2 N–H and O–H groups in total. The van der Waals surface area contributed by atoms with E-state index in [0.717, 1.165) is 16.1 Å². The molecular weight excluding hydrogens is 302 g/mol. The molecule has 0 aliphatic rings. The number of pyridine rings is 1. The molecule has 4 rings (SSSR count). The molecule has 0 atom stereocenters. The van der Waals surface area contributed by atoms with Gasteiger partial charge in [0.15, 0.2) is 16.5 Å². The number of fused-ring (bicyclic) bond motifs is 1. The molecule has 4 aromatic rings. The molecule has 0 aliphatic heterocycles. The second-order valence-corrected chi connectivity index (χ2v) is 5.42. The van der Waals surface area contributed by atoms with Gasteiger partial charge in [0.2, 0.25) is 0 Å². The van der Waals surface area contributed by atoms with Gasteiger partial charge in [-0.3, -0.25) is 20.2 Å². The highest BCUT2D eigenvalue weighted by atomic mass is 32.1. The minimum Gasteiger partial charge on any atom is -0.459 e. The summed E-state index contributed by atoms with van der Waals surface area (Å²) in [6, 6.07) is 8.87. The third-order valence-corrected chi connectivity index (χ3v) is 3.97. The topological polar surface area (TPSA) is 96.7 Å². The highest BCUT2D eigenvalue weighted by Crippen LogP contribution is 2.32. The van der Waals surface area contributed by atoms with Gasteiger partial charge < -0.3 is 4.42 Å². The van der Waals surface area contributed by atoms with Crippen LogP contribution in [0.1, 0.15) is 10.6 Å². The quantitative estimate of drug-likeness (QED) is 0.606. The molecule has 4 heterocycles. The maximum atomic E-state index is 12.0. The lowest BCUT2D eigenvalue weighted by Gasteiger charge is -1.97. The average Bonchev–Trinajstić information content (AvgIpc) is 3.24. The lowest BCUT2D eigenvalue weighted by atomic mass is 10.3. The van der Waals surface area contributed by atoms with E-state index in [1.54, 1.807) is 18.3 Å². The second-order valence-electron chi connectivity index (χ2n) is 4.42. The number of aromatic amines is 1. The van der Waals surface area contributed by atoms with Crippen molar-refractivity contribution in [1.82, 2.24) is 20.2 Å². The van der Waals surface area contributed by atoms with Crippen LogP contribution in [0.3, 0.4) is 0 Å². The molecule has 7 nitrogen and oxygen atoms in total. The molecule has 0 aliphatic carbocycles. The largest absolute Gasteiger partial charge is 0.459 e. The van der Waals surface area contributed by atoms with Crippen LogP contribution in [-0.4, -0.2) is 26.1 Å². The normalized spacial score (nSPS) is 10.9. The van der Waals surface area contributed by atoms with E-state index in [0.29, 0.717) is 10.8 Å². The van der Waals surface area contributed by atoms with E-state index >= 15 is 0 Å². The van der Waals surface area contributed by atoms with Crippen LogP contribution >= 0.6 is 11.3 Å². The predicted molar refractivity (Wildman–Crippen MR) is 81.7 cm³/mol. The summed E-state index contributed by atoms with van der Waals surface area (Å²) in [4.78, 5) is 20.5. The van der Waals surface area contributed by atoms with Crippen LogP contribution in [0.5, 0.6) is 0 Å². The maximum Gasteiger partial charge on any atom is 0.293 e. The van der Waals surface area contributed by atoms with Crippen LogP contribution in [0.2, 0.25) is 0 Å². The van der Waals surface area contributed by atoms with Crippen molar-refractivity contribution in [3.8, 4) is 11.4 Å². The predicted octanol–water partition coefficient (Wildman–Crippen LogP) is 2.93. The minimum absolute atomic E-state index is 0.236. The molecule has 4 aromatic heterocycles. The van der Waals surface area contributed by atoms with Crippen molar-refractivity contribution in [2.75, 3.05) is 5.32 Å². The van der Waals surface area contributed by atoms with E-state index in [9.17, 15) is 4.79 Å². The van der Waals surface area contributed by atoms with Crippen LogP contribution in [0, 0.1) is 0 Å². The number of rotatable bonds is 3. The van der Waals surface area contributed by atoms with Crippen LogP contribution in [0.4, 0.5) is 5.13 Å². The number of furan rings is 1. The molecule has 0 aromatic carbocycles. The van der Waals surface area contributed by atoms with Crippen LogP contribution < -0.4 is 5.32 Å². The van der Waals surface area contributed by atoms with Crippen LogP contribution in [0.25, 0.3) is 21.7 Å². The average molecular weight is 311 g/mol. The number of carbonyl (C=O) groups is 1. The van der Waals surface area contributed by atoms with Crippen molar-refractivity contribution in [3.05, 3.63) is 48.6 Å². The molecular formula is C14H9N5O2S. The summed E-state index contributed by atoms with van der Waals surface area (Å²) in [7, 11) is 0. The minimum atomic E-state index is -0.343. The van der Waals surface area contributed by atoms with Crippen LogP contribution in [-0.2, 0) is 0 Å². The maximum absolute atomic E-state index is 12.0. The summed E-state index contributed by atoms with van der Waals surface area (Å²) >= 11 is 1.33. The SMILES string of the molecule is O=C(Nc1nc2n[nH]c(-c3ccccn3)c2s1)c1ccco1. The van der Waals surface area contributed by atoms with Gasteiger partial charge in [-0.25, -0.2) is 0 Å². The number of nitrogens with zero attached hydrogens (tertiary/aromatic N) is 3. The number of thiazole rings is 1. The van der Waals surface area contributed by atoms with Gasteiger partial charge in [0.25, 0.3) is 5.91 Å². The van der Waals surface area contributed by atoms with E-state index in [1.165, 1.54) is 17.6 Å². The molecule has 0 spiro atoms. The van der Waals surface area contributed by atoms with E-state index in [1.807, 2.05) is 18.2 Å². The Bertz CT molecular complexity index is 927. The first-order valence-corrected chi connectivity index (χ1v) is 7.24. The Kier molecular flexibility index (Phi) is 2.94. The van der Waals surface area contributed by atoms with Gasteiger partial charge in [-0.2, -0.15) is 10.1 Å².